The maximum atomic E-state index is 13.7. The maximum absolute atomic E-state index is 13.7. The lowest BCUT2D eigenvalue weighted by atomic mass is 10.1. The summed E-state index contributed by atoms with van der Waals surface area (Å²) in [6, 6.07) is 14.6. The number of hydrogen-bond donors (Lipinski definition) is 3. The number of ether oxygens (including phenoxy) is 1. The summed E-state index contributed by atoms with van der Waals surface area (Å²) >= 11 is 0. The predicted molar refractivity (Wildman–Crippen MR) is 108 cm³/mol. The van der Waals surface area contributed by atoms with Crippen LogP contribution < -0.4 is 10.6 Å². The van der Waals surface area contributed by atoms with Gasteiger partial charge in [0.15, 0.2) is 0 Å². The van der Waals surface area contributed by atoms with Crippen molar-refractivity contribution in [2.75, 3.05) is 10.6 Å². The fourth-order valence-electron chi connectivity index (χ4n) is 2.53. The minimum absolute atomic E-state index is 0.0942. The molecule has 1 heterocycles. The van der Waals surface area contributed by atoms with E-state index in [9.17, 15) is 14.0 Å². The SMILES string of the molecule is CC(C)(C)OC(=O)Nc1ccc(F)cc1NC(=O)c1cc(-c2ccccc2)n[nH]1. The second-order valence-electron chi connectivity index (χ2n) is 7.30. The quantitative estimate of drug-likeness (QED) is 0.589. The Bertz CT molecular complexity index is 1030. The van der Waals surface area contributed by atoms with Gasteiger partial charge in [-0.3, -0.25) is 15.2 Å². The maximum Gasteiger partial charge on any atom is 0.412 e. The molecule has 150 valence electrons. The molecule has 0 saturated carbocycles. The first-order valence-corrected chi connectivity index (χ1v) is 8.93. The molecule has 29 heavy (non-hydrogen) atoms. The van der Waals surface area contributed by atoms with Crippen LogP contribution in [0.5, 0.6) is 0 Å². The number of nitrogens with one attached hydrogen (secondary N) is 3. The number of amides is 2. The summed E-state index contributed by atoms with van der Waals surface area (Å²) in [5.41, 5.74) is 1.24. The number of hydrogen-bond acceptors (Lipinski definition) is 4. The average molecular weight is 396 g/mol. The molecule has 3 aromatic rings. The minimum atomic E-state index is -0.715. The molecule has 0 bridgehead atoms. The molecule has 8 heteroatoms. The highest BCUT2D eigenvalue weighted by molar-refractivity contribution is 6.06. The van der Waals surface area contributed by atoms with Crippen LogP contribution in [-0.4, -0.2) is 27.8 Å². The van der Waals surface area contributed by atoms with Gasteiger partial charge in [-0.05, 0) is 45.0 Å². The Morgan fingerprint density at radius 2 is 1.72 bits per heavy atom. The first kappa shape index (κ1) is 20.1. The molecular weight excluding hydrogens is 375 g/mol. The summed E-state index contributed by atoms with van der Waals surface area (Å²) in [5.74, 6) is -1.10. The molecule has 0 atom stereocenters. The van der Waals surface area contributed by atoms with Crippen LogP contribution in [0.4, 0.5) is 20.6 Å². The van der Waals surface area contributed by atoms with Crippen molar-refractivity contribution in [2.45, 2.75) is 26.4 Å². The zero-order chi connectivity index (χ0) is 21.0. The Morgan fingerprint density at radius 3 is 2.41 bits per heavy atom. The summed E-state index contributed by atoms with van der Waals surface area (Å²) in [6.45, 7) is 5.17. The molecule has 0 fully saturated rings. The Morgan fingerprint density at radius 1 is 1.00 bits per heavy atom. The van der Waals surface area contributed by atoms with Crippen LogP contribution >= 0.6 is 0 Å². The van der Waals surface area contributed by atoms with Gasteiger partial charge in [-0.1, -0.05) is 30.3 Å². The van der Waals surface area contributed by atoms with Crippen molar-refractivity contribution in [2.24, 2.45) is 0 Å². The highest BCUT2D eigenvalue weighted by atomic mass is 19.1. The zero-order valence-corrected chi connectivity index (χ0v) is 16.2. The number of H-pyrrole nitrogens is 1. The van der Waals surface area contributed by atoms with Gasteiger partial charge in [0, 0.05) is 5.56 Å². The molecule has 2 amide bonds. The topological polar surface area (TPSA) is 96.1 Å². The van der Waals surface area contributed by atoms with Gasteiger partial charge in [0.1, 0.15) is 17.1 Å². The second kappa shape index (κ2) is 8.14. The molecule has 3 N–H and O–H groups in total. The fraction of sp³-hybridized carbons (Fsp3) is 0.190. The van der Waals surface area contributed by atoms with Crippen molar-refractivity contribution >= 4 is 23.4 Å². The monoisotopic (exact) mass is 396 g/mol. The number of carbonyl (C=O) groups excluding carboxylic acids is 2. The molecule has 2 aromatic carbocycles. The number of anilines is 2. The van der Waals surface area contributed by atoms with E-state index in [1.807, 2.05) is 30.3 Å². The van der Waals surface area contributed by atoms with Gasteiger partial charge in [-0.15, -0.1) is 0 Å². The molecule has 0 aliphatic rings. The van der Waals surface area contributed by atoms with Crippen LogP contribution in [0.1, 0.15) is 31.3 Å². The highest BCUT2D eigenvalue weighted by Gasteiger charge is 2.19. The van der Waals surface area contributed by atoms with Crippen LogP contribution in [0, 0.1) is 5.82 Å². The number of aromatic amines is 1. The second-order valence-corrected chi connectivity index (χ2v) is 7.30. The zero-order valence-electron chi connectivity index (χ0n) is 16.2. The van der Waals surface area contributed by atoms with E-state index in [4.69, 9.17) is 4.74 Å². The van der Waals surface area contributed by atoms with Gasteiger partial charge < -0.3 is 10.1 Å². The normalized spacial score (nSPS) is 11.0. The molecule has 0 saturated heterocycles. The van der Waals surface area contributed by atoms with Crippen LogP contribution in [0.15, 0.2) is 54.6 Å². The molecule has 0 spiro atoms. The molecule has 3 rings (SSSR count). The lowest BCUT2D eigenvalue weighted by molar-refractivity contribution is 0.0635. The van der Waals surface area contributed by atoms with E-state index in [2.05, 4.69) is 20.8 Å². The van der Waals surface area contributed by atoms with E-state index < -0.39 is 23.4 Å². The molecule has 0 radical (unpaired) electrons. The lowest BCUT2D eigenvalue weighted by Crippen LogP contribution is -2.27. The molecule has 0 aliphatic heterocycles. The Kier molecular flexibility index (Phi) is 5.63. The van der Waals surface area contributed by atoms with Crippen molar-refractivity contribution < 1.29 is 18.7 Å². The van der Waals surface area contributed by atoms with Gasteiger partial charge in [-0.2, -0.15) is 5.10 Å². The summed E-state index contributed by atoms with van der Waals surface area (Å²) < 4.78 is 18.9. The number of rotatable bonds is 4. The lowest BCUT2D eigenvalue weighted by Gasteiger charge is -2.20. The average Bonchev–Trinajstić information content (AvgIpc) is 3.13. The first-order chi connectivity index (χ1) is 13.7. The van der Waals surface area contributed by atoms with Gasteiger partial charge in [0.2, 0.25) is 0 Å². The van der Waals surface area contributed by atoms with E-state index in [0.717, 1.165) is 11.6 Å². The van der Waals surface area contributed by atoms with Crippen LogP contribution in [-0.2, 0) is 4.74 Å². The third kappa shape index (κ3) is 5.41. The first-order valence-electron chi connectivity index (χ1n) is 8.93. The Hall–Kier alpha value is -3.68. The standard InChI is InChI=1S/C21H21FN4O3/c1-21(2,3)29-20(28)24-15-10-9-14(22)11-17(15)23-19(27)18-12-16(25-26-18)13-7-5-4-6-8-13/h4-12H,1-3H3,(H,23,27)(H,24,28)(H,25,26). The van der Waals surface area contributed by atoms with Crippen molar-refractivity contribution in [1.82, 2.24) is 10.2 Å². The fourth-order valence-corrected chi connectivity index (χ4v) is 2.53. The van der Waals surface area contributed by atoms with Crippen LogP contribution in [0.2, 0.25) is 0 Å². The van der Waals surface area contributed by atoms with Crippen LogP contribution in [0.25, 0.3) is 11.3 Å². The van der Waals surface area contributed by atoms with Crippen molar-refractivity contribution in [3.05, 3.63) is 66.1 Å². The smallest absolute Gasteiger partial charge is 0.412 e. The van der Waals surface area contributed by atoms with Gasteiger partial charge in [0.05, 0.1) is 17.1 Å². The largest absolute Gasteiger partial charge is 0.444 e. The molecule has 0 unspecified atom stereocenters. The number of carbonyl (C=O) groups is 2. The summed E-state index contributed by atoms with van der Waals surface area (Å²) in [7, 11) is 0. The highest BCUT2D eigenvalue weighted by Crippen LogP contribution is 2.25. The Labute approximate surface area is 167 Å². The van der Waals surface area contributed by atoms with Crippen molar-refractivity contribution in [3.63, 3.8) is 0 Å². The molecule has 0 aliphatic carbocycles. The van der Waals surface area contributed by atoms with E-state index >= 15 is 0 Å². The molecule has 7 nitrogen and oxygen atoms in total. The number of benzene rings is 2. The van der Waals surface area contributed by atoms with Gasteiger partial charge in [0.25, 0.3) is 5.91 Å². The molecule has 1 aromatic heterocycles. The molecular formula is C21H21FN4O3. The third-order valence-corrected chi connectivity index (χ3v) is 3.76. The van der Waals surface area contributed by atoms with E-state index in [0.29, 0.717) is 5.69 Å². The Balaban J connectivity index is 1.77. The summed E-state index contributed by atoms with van der Waals surface area (Å²) in [6.07, 6.45) is -0.715. The number of nitrogens with zero attached hydrogens (tertiary/aromatic N) is 1. The van der Waals surface area contributed by atoms with Crippen molar-refractivity contribution in [3.8, 4) is 11.3 Å². The predicted octanol–water partition coefficient (Wildman–Crippen LogP) is 4.82. The summed E-state index contributed by atoms with van der Waals surface area (Å²) in [5, 5.41) is 11.9. The minimum Gasteiger partial charge on any atom is -0.444 e. The number of aromatic nitrogens is 2. The van der Waals surface area contributed by atoms with E-state index in [1.165, 1.54) is 12.1 Å². The van der Waals surface area contributed by atoms with E-state index in [1.54, 1.807) is 26.8 Å². The van der Waals surface area contributed by atoms with Gasteiger partial charge in [-0.25, -0.2) is 9.18 Å². The number of halogens is 1. The third-order valence-electron chi connectivity index (χ3n) is 3.76. The van der Waals surface area contributed by atoms with Crippen molar-refractivity contribution in [1.29, 1.82) is 0 Å². The van der Waals surface area contributed by atoms with E-state index in [-0.39, 0.29) is 17.1 Å². The van der Waals surface area contributed by atoms with Gasteiger partial charge >= 0.3 is 6.09 Å². The van der Waals surface area contributed by atoms with Crippen LogP contribution in [0.3, 0.4) is 0 Å². The summed E-state index contributed by atoms with van der Waals surface area (Å²) in [4.78, 5) is 24.6.